The molecule has 1 atom stereocenters. The first-order valence-electron chi connectivity index (χ1n) is 8.04. The fourth-order valence-electron chi connectivity index (χ4n) is 3.14. The highest BCUT2D eigenvalue weighted by molar-refractivity contribution is 5.31. The molecule has 3 nitrogen and oxygen atoms in total. The zero-order valence-electron chi connectivity index (χ0n) is 12.5. The molecule has 0 amide bonds. The number of nitrogens with one attached hydrogen (secondary N) is 1. The van der Waals surface area contributed by atoms with Crippen LogP contribution in [-0.2, 0) is 0 Å². The Balaban J connectivity index is 1.77. The average molecular weight is 274 g/mol. The second-order valence-corrected chi connectivity index (χ2v) is 5.99. The summed E-state index contributed by atoms with van der Waals surface area (Å²) in [6.45, 7) is 7.35. The van der Waals surface area contributed by atoms with Crippen molar-refractivity contribution in [2.45, 2.75) is 32.2 Å². The first kappa shape index (κ1) is 13.9. The predicted octanol–water partition coefficient (Wildman–Crippen LogP) is 2.83. The molecule has 1 aliphatic heterocycles. The van der Waals surface area contributed by atoms with Gasteiger partial charge in [-0.3, -0.25) is 4.90 Å². The minimum atomic E-state index is 0.574. The van der Waals surface area contributed by atoms with Gasteiger partial charge in [0.05, 0.1) is 6.61 Å². The topological polar surface area (TPSA) is 24.5 Å². The van der Waals surface area contributed by atoms with Crippen LogP contribution in [0.4, 0.5) is 0 Å². The van der Waals surface area contributed by atoms with Gasteiger partial charge in [0.25, 0.3) is 0 Å². The summed E-state index contributed by atoms with van der Waals surface area (Å²) < 4.78 is 5.67. The Hall–Kier alpha value is -1.06. The Morgan fingerprint density at radius 1 is 1.30 bits per heavy atom. The van der Waals surface area contributed by atoms with Gasteiger partial charge in [-0.1, -0.05) is 25.0 Å². The summed E-state index contributed by atoms with van der Waals surface area (Å²) >= 11 is 0. The predicted molar refractivity (Wildman–Crippen MR) is 82.1 cm³/mol. The number of benzene rings is 1. The van der Waals surface area contributed by atoms with Gasteiger partial charge in [-0.15, -0.1) is 0 Å². The molecule has 0 bridgehead atoms. The normalized spacial score (nSPS) is 21.6. The van der Waals surface area contributed by atoms with Crippen molar-refractivity contribution in [2.24, 2.45) is 5.92 Å². The number of ether oxygens (including phenoxy) is 1. The van der Waals surface area contributed by atoms with Crippen molar-refractivity contribution < 1.29 is 4.74 Å². The van der Waals surface area contributed by atoms with Crippen LogP contribution in [0.3, 0.4) is 0 Å². The zero-order chi connectivity index (χ0) is 13.8. The minimum absolute atomic E-state index is 0.574. The number of piperazine rings is 1. The third-order valence-corrected chi connectivity index (χ3v) is 4.40. The van der Waals surface area contributed by atoms with Crippen LogP contribution < -0.4 is 10.1 Å². The summed E-state index contributed by atoms with van der Waals surface area (Å²) in [7, 11) is 0. The van der Waals surface area contributed by atoms with Crippen molar-refractivity contribution in [3.05, 3.63) is 29.8 Å². The van der Waals surface area contributed by atoms with Gasteiger partial charge in [0.1, 0.15) is 5.75 Å². The third-order valence-electron chi connectivity index (χ3n) is 4.40. The molecule has 1 N–H and O–H groups in total. The van der Waals surface area contributed by atoms with E-state index in [4.69, 9.17) is 4.74 Å². The molecule has 3 rings (SSSR count). The van der Waals surface area contributed by atoms with Gasteiger partial charge in [0.2, 0.25) is 0 Å². The van der Waals surface area contributed by atoms with Crippen molar-refractivity contribution >= 4 is 0 Å². The van der Waals surface area contributed by atoms with E-state index in [1.165, 1.54) is 24.8 Å². The van der Waals surface area contributed by atoms with Crippen LogP contribution in [-0.4, -0.2) is 37.7 Å². The summed E-state index contributed by atoms with van der Waals surface area (Å²) in [5.41, 5.74) is 1.43. The van der Waals surface area contributed by atoms with E-state index < -0.39 is 0 Å². The number of nitrogens with zero attached hydrogens (tertiary/aromatic N) is 1. The molecule has 1 saturated heterocycles. The summed E-state index contributed by atoms with van der Waals surface area (Å²) in [4.78, 5) is 2.65. The number of rotatable bonds is 6. The second kappa shape index (κ2) is 6.59. The molecule has 0 unspecified atom stereocenters. The third kappa shape index (κ3) is 3.53. The van der Waals surface area contributed by atoms with Crippen LogP contribution in [0.1, 0.15) is 37.8 Å². The lowest BCUT2D eigenvalue weighted by atomic mass is 9.98. The summed E-state index contributed by atoms with van der Waals surface area (Å²) in [6, 6.07) is 9.31. The summed E-state index contributed by atoms with van der Waals surface area (Å²) in [6.07, 6.45) is 4.16. The van der Waals surface area contributed by atoms with E-state index in [-0.39, 0.29) is 0 Å². The molecule has 1 aliphatic carbocycles. The van der Waals surface area contributed by atoms with Crippen molar-refractivity contribution in [1.82, 2.24) is 10.2 Å². The molecule has 2 aliphatic rings. The Kier molecular flexibility index (Phi) is 4.58. The van der Waals surface area contributed by atoms with Gasteiger partial charge in [0, 0.05) is 32.2 Å². The Morgan fingerprint density at radius 3 is 2.80 bits per heavy atom. The van der Waals surface area contributed by atoms with Crippen molar-refractivity contribution in [3.63, 3.8) is 0 Å². The second-order valence-electron chi connectivity index (χ2n) is 5.99. The molecule has 1 aromatic rings. The lowest BCUT2D eigenvalue weighted by Crippen LogP contribution is -2.45. The van der Waals surface area contributed by atoms with Crippen LogP contribution in [0.5, 0.6) is 5.75 Å². The first-order chi connectivity index (χ1) is 9.86. The van der Waals surface area contributed by atoms with E-state index in [0.29, 0.717) is 6.04 Å². The highest BCUT2D eigenvalue weighted by Gasteiger charge is 2.30. The van der Waals surface area contributed by atoms with E-state index >= 15 is 0 Å². The van der Waals surface area contributed by atoms with Gasteiger partial charge >= 0.3 is 0 Å². The maximum Gasteiger partial charge on any atom is 0.119 e. The highest BCUT2D eigenvalue weighted by atomic mass is 16.5. The van der Waals surface area contributed by atoms with Crippen molar-refractivity contribution in [3.8, 4) is 5.75 Å². The summed E-state index contributed by atoms with van der Waals surface area (Å²) in [5, 5.41) is 3.46. The number of hydrogen-bond acceptors (Lipinski definition) is 3. The zero-order valence-corrected chi connectivity index (χ0v) is 12.5. The quantitative estimate of drug-likeness (QED) is 0.863. The van der Waals surface area contributed by atoms with E-state index in [1.54, 1.807) is 0 Å². The fraction of sp³-hybridized carbons (Fsp3) is 0.647. The molecule has 2 fully saturated rings. The average Bonchev–Trinajstić information content (AvgIpc) is 3.30. The molecular weight excluding hydrogens is 248 g/mol. The fourth-order valence-corrected chi connectivity index (χ4v) is 3.14. The van der Waals surface area contributed by atoms with Crippen LogP contribution in [0.25, 0.3) is 0 Å². The molecule has 20 heavy (non-hydrogen) atoms. The lowest BCUT2D eigenvalue weighted by molar-refractivity contribution is 0.160. The molecular formula is C17H26N2O. The Morgan fingerprint density at radius 2 is 2.10 bits per heavy atom. The van der Waals surface area contributed by atoms with Gasteiger partial charge in [-0.2, -0.15) is 0 Å². The van der Waals surface area contributed by atoms with E-state index in [2.05, 4.69) is 34.5 Å². The molecule has 0 spiro atoms. The smallest absolute Gasteiger partial charge is 0.119 e. The molecule has 0 aromatic heterocycles. The van der Waals surface area contributed by atoms with Gasteiger partial charge in [-0.05, 0) is 37.0 Å². The maximum absolute atomic E-state index is 5.67. The Labute approximate surface area is 122 Å². The highest BCUT2D eigenvalue weighted by Crippen LogP contribution is 2.40. The molecule has 1 aromatic carbocycles. The van der Waals surface area contributed by atoms with Crippen LogP contribution in [0.2, 0.25) is 0 Å². The van der Waals surface area contributed by atoms with Crippen LogP contribution in [0, 0.1) is 5.92 Å². The SMILES string of the molecule is CCOc1cccc([C@@H](CC2CC2)N2CCNCC2)c1. The maximum atomic E-state index is 5.67. The first-order valence-corrected chi connectivity index (χ1v) is 8.04. The molecule has 3 heteroatoms. The van der Waals surface area contributed by atoms with Crippen molar-refractivity contribution in [1.29, 1.82) is 0 Å². The van der Waals surface area contributed by atoms with Crippen molar-refractivity contribution in [2.75, 3.05) is 32.8 Å². The van der Waals surface area contributed by atoms with Gasteiger partial charge in [0.15, 0.2) is 0 Å². The largest absolute Gasteiger partial charge is 0.494 e. The van der Waals surface area contributed by atoms with Gasteiger partial charge in [-0.25, -0.2) is 0 Å². The molecule has 1 saturated carbocycles. The van der Waals surface area contributed by atoms with E-state index in [0.717, 1.165) is 44.5 Å². The lowest BCUT2D eigenvalue weighted by Gasteiger charge is -2.35. The monoisotopic (exact) mass is 274 g/mol. The summed E-state index contributed by atoms with van der Waals surface area (Å²) in [5.74, 6) is 1.96. The van der Waals surface area contributed by atoms with Crippen LogP contribution in [0.15, 0.2) is 24.3 Å². The Bertz CT molecular complexity index is 425. The molecule has 1 heterocycles. The van der Waals surface area contributed by atoms with Gasteiger partial charge < -0.3 is 10.1 Å². The molecule has 0 radical (unpaired) electrons. The van der Waals surface area contributed by atoms with E-state index in [9.17, 15) is 0 Å². The minimum Gasteiger partial charge on any atom is -0.494 e. The molecule has 110 valence electrons. The van der Waals surface area contributed by atoms with E-state index in [1.807, 2.05) is 6.92 Å². The number of hydrogen-bond donors (Lipinski definition) is 1. The van der Waals surface area contributed by atoms with Crippen LogP contribution >= 0.6 is 0 Å². The standard InChI is InChI=1S/C17H26N2O/c1-2-20-16-5-3-4-15(13-16)17(12-14-6-7-14)19-10-8-18-9-11-19/h3-5,13-14,17-18H,2,6-12H2,1H3/t17-/m1/s1.